The first-order valence-electron chi connectivity index (χ1n) is 7.86. The highest BCUT2D eigenvalue weighted by atomic mass is 32.2. The Hall–Kier alpha value is -1.84. The van der Waals surface area contributed by atoms with E-state index < -0.39 is 21.3 Å². The van der Waals surface area contributed by atoms with Crippen molar-refractivity contribution >= 4 is 15.9 Å². The van der Waals surface area contributed by atoms with Crippen LogP contribution in [-0.4, -0.2) is 48.3 Å². The third-order valence-electron chi connectivity index (χ3n) is 4.54. The summed E-state index contributed by atoms with van der Waals surface area (Å²) < 4.78 is 43.6. The highest BCUT2D eigenvalue weighted by Crippen LogP contribution is 2.33. The van der Waals surface area contributed by atoms with E-state index in [9.17, 15) is 13.2 Å². The normalized spacial score (nSPS) is 17.1. The number of carbonyl (C=O) groups excluding carboxylic acids is 1. The van der Waals surface area contributed by atoms with Gasteiger partial charge in [0.2, 0.25) is 15.9 Å². The van der Waals surface area contributed by atoms with Crippen molar-refractivity contribution in [2.45, 2.75) is 24.7 Å². The van der Waals surface area contributed by atoms with Crippen LogP contribution in [0.4, 0.5) is 0 Å². The Morgan fingerprint density at radius 3 is 2.32 bits per heavy atom. The number of benzene rings is 1. The second kappa shape index (κ2) is 7.59. The van der Waals surface area contributed by atoms with Gasteiger partial charge in [-0.2, -0.15) is 0 Å². The van der Waals surface area contributed by atoms with Crippen LogP contribution in [0.2, 0.25) is 0 Å². The first-order chi connectivity index (χ1) is 11.8. The summed E-state index contributed by atoms with van der Waals surface area (Å²) in [5.41, 5.74) is 5.09. The average Bonchev–Trinajstić information content (AvgIpc) is 2.60. The number of nitrogens with two attached hydrogens (primary N) is 1. The number of sulfonamides is 1. The minimum absolute atomic E-state index is 0.0665. The van der Waals surface area contributed by atoms with Crippen molar-refractivity contribution in [1.29, 1.82) is 0 Å². The summed E-state index contributed by atoms with van der Waals surface area (Å²) in [4.78, 5) is 11.9. The number of hydrogen-bond donors (Lipinski definition) is 2. The van der Waals surface area contributed by atoms with E-state index in [1.807, 2.05) is 0 Å². The fraction of sp³-hybridized carbons (Fsp3) is 0.562. The Labute approximate surface area is 147 Å². The number of rotatable bonds is 7. The highest BCUT2D eigenvalue weighted by molar-refractivity contribution is 7.89. The van der Waals surface area contributed by atoms with Crippen molar-refractivity contribution in [3.63, 3.8) is 0 Å². The van der Waals surface area contributed by atoms with Gasteiger partial charge in [-0.1, -0.05) is 0 Å². The zero-order valence-corrected chi connectivity index (χ0v) is 15.4. The number of amides is 1. The fourth-order valence-corrected chi connectivity index (χ4v) is 4.20. The van der Waals surface area contributed by atoms with Gasteiger partial charge in [-0.15, -0.1) is 0 Å². The molecule has 3 N–H and O–H groups in total. The van der Waals surface area contributed by atoms with Gasteiger partial charge in [0.15, 0.2) is 11.5 Å². The Balaban J connectivity index is 2.28. The molecule has 0 bridgehead atoms. The van der Waals surface area contributed by atoms with Crippen molar-refractivity contribution in [2.75, 3.05) is 34.0 Å². The zero-order chi connectivity index (χ0) is 18.7. The molecule has 1 aromatic rings. The van der Waals surface area contributed by atoms with Gasteiger partial charge < -0.3 is 19.9 Å². The minimum atomic E-state index is -3.85. The molecule has 2 rings (SSSR count). The third kappa shape index (κ3) is 4.05. The number of methoxy groups -OCH3 is 2. The Kier molecular flexibility index (Phi) is 5.91. The maximum atomic E-state index is 12.7. The van der Waals surface area contributed by atoms with Crippen LogP contribution in [0.15, 0.2) is 17.0 Å². The van der Waals surface area contributed by atoms with Gasteiger partial charge in [-0.3, -0.25) is 4.79 Å². The molecule has 1 saturated heterocycles. The molecule has 140 valence electrons. The van der Waals surface area contributed by atoms with Gasteiger partial charge in [-0.05, 0) is 31.4 Å². The van der Waals surface area contributed by atoms with Crippen LogP contribution in [0, 0.1) is 12.3 Å². The summed E-state index contributed by atoms with van der Waals surface area (Å²) in [6, 6.07) is 2.99. The first kappa shape index (κ1) is 19.5. The van der Waals surface area contributed by atoms with Gasteiger partial charge in [0.25, 0.3) is 0 Å². The van der Waals surface area contributed by atoms with Crippen LogP contribution in [0.5, 0.6) is 11.5 Å². The topological polar surface area (TPSA) is 117 Å². The standard InChI is InChI=1S/C16H24N2O6S/c1-11-8-12(22-2)13(23-3)9-14(11)25(20,21)18-10-16(15(17)19)4-6-24-7-5-16/h8-9,18H,4-7,10H2,1-3H3,(H2,17,19). The minimum Gasteiger partial charge on any atom is -0.493 e. The SMILES string of the molecule is COc1cc(C)c(S(=O)(=O)NCC2(C(N)=O)CCOCC2)cc1OC. The predicted molar refractivity (Wildman–Crippen MR) is 91.2 cm³/mol. The molecule has 1 fully saturated rings. The Morgan fingerprint density at radius 2 is 1.80 bits per heavy atom. The number of nitrogens with one attached hydrogen (secondary N) is 1. The molecule has 0 aromatic heterocycles. The van der Waals surface area contributed by atoms with Crippen LogP contribution >= 0.6 is 0 Å². The molecule has 0 aliphatic carbocycles. The smallest absolute Gasteiger partial charge is 0.241 e. The lowest BCUT2D eigenvalue weighted by Crippen LogP contribution is -2.49. The molecule has 9 heteroatoms. The van der Waals surface area contributed by atoms with Crippen molar-refractivity contribution in [3.05, 3.63) is 17.7 Å². The first-order valence-corrected chi connectivity index (χ1v) is 9.34. The van der Waals surface area contributed by atoms with E-state index in [0.29, 0.717) is 43.1 Å². The number of carbonyl (C=O) groups is 1. The molecular formula is C16H24N2O6S. The van der Waals surface area contributed by atoms with E-state index in [1.165, 1.54) is 20.3 Å². The zero-order valence-electron chi connectivity index (χ0n) is 14.6. The lowest BCUT2D eigenvalue weighted by atomic mass is 9.80. The van der Waals surface area contributed by atoms with Gasteiger partial charge >= 0.3 is 0 Å². The molecule has 1 heterocycles. The van der Waals surface area contributed by atoms with Crippen LogP contribution in [0.3, 0.4) is 0 Å². The van der Waals surface area contributed by atoms with E-state index in [4.69, 9.17) is 19.9 Å². The van der Waals surface area contributed by atoms with Crippen molar-refractivity contribution in [2.24, 2.45) is 11.1 Å². The van der Waals surface area contributed by atoms with E-state index in [-0.39, 0.29) is 11.4 Å². The van der Waals surface area contributed by atoms with E-state index in [2.05, 4.69) is 4.72 Å². The maximum Gasteiger partial charge on any atom is 0.241 e. The molecule has 0 atom stereocenters. The molecule has 1 aliphatic heterocycles. The summed E-state index contributed by atoms with van der Waals surface area (Å²) in [5.74, 6) is 0.226. The molecule has 1 amide bonds. The van der Waals surface area contributed by atoms with Crippen LogP contribution in [0.1, 0.15) is 18.4 Å². The quantitative estimate of drug-likeness (QED) is 0.723. The third-order valence-corrected chi connectivity index (χ3v) is 6.09. The molecule has 0 unspecified atom stereocenters. The molecule has 25 heavy (non-hydrogen) atoms. The monoisotopic (exact) mass is 372 g/mol. The lowest BCUT2D eigenvalue weighted by Gasteiger charge is -2.34. The van der Waals surface area contributed by atoms with Gasteiger partial charge in [0, 0.05) is 25.8 Å². The molecule has 0 saturated carbocycles. The molecule has 0 radical (unpaired) electrons. The van der Waals surface area contributed by atoms with Crippen LogP contribution in [0.25, 0.3) is 0 Å². The molecular weight excluding hydrogens is 348 g/mol. The average molecular weight is 372 g/mol. The second-order valence-electron chi connectivity index (χ2n) is 6.05. The van der Waals surface area contributed by atoms with E-state index >= 15 is 0 Å². The summed E-state index contributed by atoms with van der Waals surface area (Å²) in [6.07, 6.45) is 0.769. The highest BCUT2D eigenvalue weighted by Gasteiger charge is 2.39. The largest absolute Gasteiger partial charge is 0.493 e. The Morgan fingerprint density at radius 1 is 1.24 bits per heavy atom. The summed E-state index contributed by atoms with van der Waals surface area (Å²) in [6.45, 7) is 2.34. The Bertz CT molecular complexity index is 741. The van der Waals surface area contributed by atoms with Crippen molar-refractivity contribution < 1.29 is 27.4 Å². The van der Waals surface area contributed by atoms with Gasteiger partial charge in [0.05, 0.1) is 24.5 Å². The van der Waals surface area contributed by atoms with Crippen molar-refractivity contribution in [1.82, 2.24) is 4.72 Å². The van der Waals surface area contributed by atoms with Gasteiger partial charge in [0.1, 0.15) is 0 Å². The van der Waals surface area contributed by atoms with Gasteiger partial charge in [-0.25, -0.2) is 13.1 Å². The number of aryl methyl sites for hydroxylation is 1. The maximum absolute atomic E-state index is 12.7. The summed E-state index contributed by atoms with van der Waals surface area (Å²) >= 11 is 0. The second-order valence-corrected chi connectivity index (χ2v) is 7.79. The number of hydrogen-bond acceptors (Lipinski definition) is 6. The molecule has 8 nitrogen and oxygen atoms in total. The van der Waals surface area contributed by atoms with E-state index in [1.54, 1.807) is 13.0 Å². The van der Waals surface area contributed by atoms with Crippen LogP contribution in [-0.2, 0) is 19.6 Å². The summed E-state index contributed by atoms with van der Waals surface area (Å²) in [7, 11) is -0.944. The molecule has 1 aromatic carbocycles. The summed E-state index contributed by atoms with van der Waals surface area (Å²) in [5, 5.41) is 0. The molecule has 0 spiro atoms. The fourth-order valence-electron chi connectivity index (χ4n) is 2.83. The van der Waals surface area contributed by atoms with Crippen molar-refractivity contribution in [3.8, 4) is 11.5 Å². The lowest BCUT2D eigenvalue weighted by molar-refractivity contribution is -0.132. The number of ether oxygens (including phenoxy) is 3. The molecule has 1 aliphatic rings. The number of primary amides is 1. The van der Waals surface area contributed by atoms with Crippen LogP contribution < -0.4 is 19.9 Å². The predicted octanol–water partition coefficient (Wildman–Crippen LogP) is 0.573. The van der Waals surface area contributed by atoms with E-state index in [0.717, 1.165) is 0 Å².